The summed E-state index contributed by atoms with van der Waals surface area (Å²) < 4.78 is 6.00. The number of ether oxygens (including phenoxy) is 1. The maximum absolute atomic E-state index is 12.7. The second-order valence-electron chi connectivity index (χ2n) is 6.47. The summed E-state index contributed by atoms with van der Waals surface area (Å²) in [5, 5.41) is 4.09. The largest absolute Gasteiger partial charge is 0.490 e. The van der Waals surface area contributed by atoms with E-state index in [-0.39, 0.29) is 12.0 Å². The molecule has 2 heterocycles. The third kappa shape index (κ3) is 4.61. The molecule has 1 atom stereocenters. The monoisotopic (exact) mass is 336 g/mol. The van der Waals surface area contributed by atoms with Crippen LogP contribution >= 0.6 is 11.6 Å². The lowest BCUT2D eigenvalue weighted by atomic mass is 9.97. The van der Waals surface area contributed by atoms with Gasteiger partial charge in [0.25, 0.3) is 0 Å². The van der Waals surface area contributed by atoms with Crippen LogP contribution in [0.3, 0.4) is 0 Å². The van der Waals surface area contributed by atoms with E-state index in [1.807, 2.05) is 29.2 Å². The van der Waals surface area contributed by atoms with Gasteiger partial charge in [0.05, 0.1) is 0 Å². The zero-order chi connectivity index (χ0) is 16.1. The predicted molar refractivity (Wildman–Crippen MR) is 91.9 cm³/mol. The van der Waals surface area contributed by atoms with Crippen molar-refractivity contribution >= 4 is 17.5 Å². The lowest BCUT2D eigenvalue weighted by molar-refractivity contribution is -0.137. The van der Waals surface area contributed by atoms with Gasteiger partial charge in [0.2, 0.25) is 5.91 Å². The quantitative estimate of drug-likeness (QED) is 0.922. The van der Waals surface area contributed by atoms with Crippen LogP contribution in [0.2, 0.25) is 5.02 Å². The van der Waals surface area contributed by atoms with Gasteiger partial charge in [0, 0.05) is 36.9 Å². The fourth-order valence-electron chi connectivity index (χ4n) is 3.42. The molecule has 4 nitrogen and oxygen atoms in total. The number of piperidine rings is 1. The highest BCUT2D eigenvalue weighted by atomic mass is 35.5. The summed E-state index contributed by atoms with van der Waals surface area (Å²) in [5.41, 5.74) is 0. The Hall–Kier alpha value is -1.26. The summed E-state index contributed by atoms with van der Waals surface area (Å²) in [7, 11) is 0. The van der Waals surface area contributed by atoms with Crippen LogP contribution in [0.5, 0.6) is 5.75 Å². The predicted octanol–water partition coefficient (Wildman–Crippen LogP) is 3.10. The molecule has 0 radical (unpaired) electrons. The van der Waals surface area contributed by atoms with Crippen LogP contribution in [0, 0.1) is 5.92 Å². The normalized spacial score (nSPS) is 23.3. The molecule has 5 heteroatoms. The Morgan fingerprint density at radius 3 is 2.57 bits per heavy atom. The number of rotatable bonds is 3. The lowest BCUT2D eigenvalue weighted by Gasteiger charge is -2.34. The topological polar surface area (TPSA) is 41.6 Å². The van der Waals surface area contributed by atoms with Crippen LogP contribution in [-0.4, -0.2) is 43.1 Å². The molecular formula is C18H25ClN2O2. The lowest BCUT2D eigenvalue weighted by Crippen LogP contribution is -2.44. The second-order valence-corrected chi connectivity index (χ2v) is 6.91. The second kappa shape index (κ2) is 8.02. The number of hydrogen-bond acceptors (Lipinski definition) is 3. The molecule has 2 aliphatic heterocycles. The third-order valence-corrected chi connectivity index (χ3v) is 5.05. The summed E-state index contributed by atoms with van der Waals surface area (Å²) in [6.07, 6.45) is 5.09. The van der Waals surface area contributed by atoms with Gasteiger partial charge in [-0.2, -0.15) is 0 Å². The summed E-state index contributed by atoms with van der Waals surface area (Å²) in [4.78, 5) is 14.7. The van der Waals surface area contributed by atoms with Gasteiger partial charge in [-0.1, -0.05) is 11.6 Å². The van der Waals surface area contributed by atoms with E-state index < -0.39 is 0 Å². The van der Waals surface area contributed by atoms with Gasteiger partial charge in [0.15, 0.2) is 0 Å². The summed E-state index contributed by atoms with van der Waals surface area (Å²) in [6, 6.07) is 7.49. The maximum Gasteiger partial charge on any atom is 0.225 e. The van der Waals surface area contributed by atoms with Gasteiger partial charge in [-0.15, -0.1) is 0 Å². The van der Waals surface area contributed by atoms with Crippen molar-refractivity contribution in [1.82, 2.24) is 10.2 Å². The molecule has 1 N–H and O–H groups in total. The number of carbonyl (C=O) groups is 1. The molecule has 23 heavy (non-hydrogen) atoms. The molecule has 0 spiro atoms. The van der Waals surface area contributed by atoms with E-state index in [2.05, 4.69) is 5.32 Å². The van der Waals surface area contributed by atoms with Crippen LogP contribution < -0.4 is 10.1 Å². The zero-order valence-electron chi connectivity index (χ0n) is 13.5. The van der Waals surface area contributed by atoms with Crippen molar-refractivity contribution in [3.05, 3.63) is 29.3 Å². The molecular weight excluding hydrogens is 312 g/mol. The van der Waals surface area contributed by atoms with E-state index in [1.165, 1.54) is 0 Å². The maximum atomic E-state index is 12.7. The van der Waals surface area contributed by atoms with Gasteiger partial charge >= 0.3 is 0 Å². The third-order valence-electron chi connectivity index (χ3n) is 4.80. The van der Waals surface area contributed by atoms with Crippen molar-refractivity contribution in [2.24, 2.45) is 5.92 Å². The molecule has 2 fully saturated rings. The number of likely N-dealkylation sites (tertiary alicyclic amines) is 1. The molecule has 2 saturated heterocycles. The Kier molecular flexibility index (Phi) is 5.79. The van der Waals surface area contributed by atoms with E-state index >= 15 is 0 Å². The average molecular weight is 337 g/mol. The highest BCUT2D eigenvalue weighted by Gasteiger charge is 2.29. The number of nitrogens with zero attached hydrogens (tertiary/aromatic N) is 1. The molecule has 1 aromatic rings. The van der Waals surface area contributed by atoms with E-state index in [4.69, 9.17) is 16.3 Å². The van der Waals surface area contributed by atoms with Crippen molar-refractivity contribution in [2.75, 3.05) is 26.2 Å². The van der Waals surface area contributed by atoms with E-state index in [0.29, 0.717) is 5.91 Å². The van der Waals surface area contributed by atoms with E-state index in [9.17, 15) is 4.79 Å². The van der Waals surface area contributed by atoms with Crippen LogP contribution in [-0.2, 0) is 4.79 Å². The molecule has 1 aromatic carbocycles. The van der Waals surface area contributed by atoms with E-state index in [0.717, 1.165) is 69.1 Å². The minimum absolute atomic E-state index is 0.191. The zero-order valence-corrected chi connectivity index (χ0v) is 14.2. The fourth-order valence-corrected chi connectivity index (χ4v) is 3.55. The van der Waals surface area contributed by atoms with Gasteiger partial charge in [-0.25, -0.2) is 0 Å². The van der Waals surface area contributed by atoms with E-state index in [1.54, 1.807) is 0 Å². The van der Waals surface area contributed by atoms with Crippen molar-refractivity contribution in [3.8, 4) is 5.75 Å². The smallest absolute Gasteiger partial charge is 0.225 e. The van der Waals surface area contributed by atoms with Crippen molar-refractivity contribution in [3.63, 3.8) is 0 Å². The Morgan fingerprint density at radius 1 is 1.09 bits per heavy atom. The highest BCUT2D eigenvalue weighted by molar-refractivity contribution is 6.30. The molecule has 0 aromatic heterocycles. The Bertz CT molecular complexity index is 504. The van der Waals surface area contributed by atoms with Gasteiger partial charge in [0.1, 0.15) is 11.9 Å². The number of benzene rings is 1. The number of amides is 1. The average Bonchev–Trinajstić information content (AvgIpc) is 2.86. The van der Waals surface area contributed by atoms with Crippen molar-refractivity contribution in [1.29, 1.82) is 0 Å². The standard InChI is InChI=1S/C18H25ClN2O2/c19-15-3-5-16(6-4-15)23-17-8-12-21(13-9-17)18(22)14-2-1-10-20-11-7-14/h3-6,14,17,20H,1-2,7-13H2/t14-/m0/s1. The minimum atomic E-state index is 0.191. The number of hydrogen-bond donors (Lipinski definition) is 1. The SMILES string of the molecule is O=C([C@H]1CCCNCC1)N1CCC(Oc2ccc(Cl)cc2)CC1. The number of halogens is 1. The van der Waals surface area contributed by atoms with Crippen LogP contribution in [0.25, 0.3) is 0 Å². The Balaban J connectivity index is 1.47. The molecule has 0 unspecified atom stereocenters. The number of carbonyl (C=O) groups excluding carboxylic acids is 1. The molecule has 3 rings (SSSR count). The Morgan fingerprint density at radius 2 is 1.83 bits per heavy atom. The highest BCUT2D eigenvalue weighted by Crippen LogP contribution is 2.23. The fraction of sp³-hybridized carbons (Fsp3) is 0.611. The van der Waals surface area contributed by atoms with Gasteiger partial charge in [-0.3, -0.25) is 4.79 Å². The van der Waals surface area contributed by atoms with Crippen molar-refractivity contribution < 1.29 is 9.53 Å². The van der Waals surface area contributed by atoms with Crippen LogP contribution in [0.1, 0.15) is 32.1 Å². The number of nitrogens with one attached hydrogen (secondary N) is 1. The molecule has 1 amide bonds. The van der Waals surface area contributed by atoms with Crippen LogP contribution in [0.15, 0.2) is 24.3 Å². The molecule has 2 aliphatic rings. The molecule has 126 valence electrons. The summed E-state index contributed by atoms with van der Waals surface area (Å²) >= 11 is 5.89. The Labute approximate surface area is 143 Å². The van der Waals surface area contributed by atoms with Gasteiger partial charge in [-0.05, 0) is 56.6 Å². The molecule has 0 bridgehead atoms. The van der Waals surface area contributed by atoms with Gasteiger partial charge < -0.3 is 15.0 Å². The molecule has 0 aliphatic carbocycles. The summed E-state index contributed by atoms with van der Waals surface area (Å²) in [6.45, 7) is 3.62. The molecule has 0 saturated carbocycles. The van der Waals surface area contributed by atoms with Crippen molar-refractivity contribution in [2.45, 2.75) is 38.2 Å². The first-order valence-corrected chi connectivity index (χ1v) is 9.02. The minimum Gasteiger partial charge on any atom is -0.490 e. The first-order chi connectivity index (χ1) is 11.2. The summed E-state index contributed by atoms with van der Waals surface area (Å²) in [5.74, 6) is 1.41. The first-order valence-electron chi connectivity index (χ1n) is 8.64. The first kappa shape index (κ1) is 16.6. The van der Waals surface area contributed by atoms with Crippen LogP contribution in [0.4, 0.5) is 0 Å².